The predicted octanol–water partition coefficient (Wildman–Crippen LogP) is 4.92. The van der Waals surface area contributed by atoms with Crippen LogP contribution in [0, 0.1) is 5.92 Å². The molecule has 2 aromatic carbocycles. The molecular formula is C20H25N3. The van der Waals surface area contributed by atoms with Crippen LogP contribution in [0.15, 0.2) is 42.5 Å². The van der Waals surface area contributed by atoms with Crippen LogP contribution < -0.4 is 0 Å². The van der Waals surface area contributed by atoms with Crippen molar-refractivity contribution in [3.63, 3.8) is 0 Å². The van der Waals surface area contributed by atoms with E-state index in [0.29, 0.717) is 5.92 Å². The van der Waals surface area contributed by atoms with Crippen molar-refractivity contribution in [1.29, 1.82) is 0 Å². The summed E-state index contributed by atoms with van der Waals surface area (Å²) in [5.74, 6) is 0.628. The molecule has 0 atom stereocenters. The fourth-order valence-corrected chi connectivity index (χ4v) is 2.79. The van der Waals surface area contributed by atoms with Gasteiger partial charge in [0.1, 0.15) is 11.0 Å². The number of nitrogens with zero attached hydrogens (tertiary/aromatic N) is 3. The summed E-state index contributed by atoms with van der Waals surface area (Å²) in [5.41, 5.74) is 5.69. The second-order valence-corrected chi connectivity index (χ2v) is 7.71. The molecule has 0 aliphatic carbocycles. The van der Waals surface area contributed by atoms with E-state index in [2.05, 4.69) is 63.0 Å². The van der Waals surface area contributed by atoms with Crippen LogP contribution in [-0.4, -0.2) is 15.0 Å². The highest BCUT2D eigenvalue weighted by Gasteiger charge is 2.17. The van der Waals surface area contributed by atoms with Crippen LogP contribution in [0.3, 0.4) is 0 Å². The number of fused-ring (bicyclic) bond motifs is 1. The normalized spacial score (nSPS) is 12.3. The quantitative estimate of drug-likeness (QED) is 0.688. The Labute approximate surface area is 138 Å². The van der Waals surface area contributed by atoms with Crippen molar-refractivity contribution >= 4 is 11.0 Å². The topological polar surface area (TPSA) is 30.7 Å². The minimum Gasteiger partial charge on any atom is -0.150 e. The van der Waals surface area contributed by atoms with Crippen molar-refractivity contribution in [2.45, 2.75) is 46.5 Å². The molecule has 3 nitrogen and oxygen atoms in total. The third-order valence-corrected chi connectivity index (χ3v) is 4.01. The van der Waals surface area contributed by atoms with Crippen molar-refractivity contribution in [1.82, 2.24) is 15.0 Å². The summed E-state index contributed by atoms with van der Waals surface area (Å²) in [5, 5.41) is 9.26. The molecule has 0 aliphatic heterocycles. The zero-order valence-electron chi connectivity index (χ0n) is 14.7. The molecule has 0 N–H and O–H groups in total. The first-order valence-electron chi connectivity index (χ1n) is 8.30. The lowest BCUT2D eigenvalue weighted by Gasteiger charge is -2.21. The highest BCUT2D eigenvalue weighted by atomic mass is 15.5. The Balaban J connectivity index is 2.13. The van der Waals surface area contributed by atoms with Crippen LogP contribution in [0.25, 0.3) is 16.7 Å². The van der Waals surface area contributed by atoms with Crippen molar-refractivity contribution in [3.05, 3.63) is 53.6 Å². The van der Waals surface area contributed by atoms with E-state index in [9.17, 15) is 0 Å². The molecule has 0 saturated heterocycles. The lowest BCUT2D eigenvalue weighted by molar-refractivity contribution is 0.584. The molecule has 0 amide bonds. The number of hydrogen-bond donors (Lipinski definition) is 0. The molecule has 0 radical (unpaired) electrons. The van der Waals surface area contributed by atoms with Crippen LogP contribution in [0.1, 0.15) is 45.7 Å². The first-order valence-corrected chi connectivity index (χ1v) is 8.30. The molecule has 0 saturated carbocycles. The molecule has 0 unspecified atom stereocenters. The third kappa shape index (κ3) is 3.44. The Morgan fingerprint density at radius 1 is 0.957 bits per heavy atom. The summed E-state index contributed by atoms with van der Waals surface area (Å²) < 4.78 is 0. The van der Waals surface area contributed by atoms with Crippen LogP contribution in [0.5, 0.6) is 0 Å². The van der Waals surface area contributed by atoms with Gasteiger partial charge in [0.15, 0.2) is 0 Å². The zero-order chi connectivity index (χ0) is 16.6. The Morgan fingerprint density at radius 2 is 1.57 bits per heavy atom. The molecule has 0 fully saturated rings. The summed E-state index contributed by atoms with van der Waals surface area (Å²) >= 11 is 0. The zero-order valence-corrected chi connectivity index (χ0v) is 14.7. The molecule has 0 aliphatic rings. The highest BCUT2D eigenvalue weighted by molar-refractivity contribution is 5.73. The van der Waals surface area contributed by atoms with Gasteiger partial charge in [-0.25, -0.2) is 0 Å². The summed E-state index contributed by atoms with van der Waals surface area (Å²) in [6.07, 6.45) is 1.07. The Hall–Kier alpha value is -2.16. The van der Waals surface area contributed by atoms with Gasteiger partial charge in [-0.2, -0.15) is 4.80 Å². The maximum Gasteiger partial charge on any atom is 0.113 e. The second kappa shape index (κ2) is 5.80. The molecule has 3 aromatic rings. The van der Waals surface area contributed by atoms with Crippen molar-refractivity contribution in [2.24, 2.45) is 5.92 Å². The van der Waals surface area contributed by atoms with Crippen molar-refractivity contribution < 1.29 is 0 Å². The minimum atomic E-state index is 0.105. The minimum absolute atomic E-state index is 0.105. The molecular weight excluding hydrogens is 282 g/mol. The van der Waals surface area contributed by atoms with E-state index >= 15 is 0 Å². The van der Waals surface area contributed by atoms with E-state index in [1.807, 2.05) is 24.3 Å². The first-order chi connectivity index (χ1) is 10.8. The van der Waals surface area contributed by atoms with E-state index in [-0.39, 0.29) is 5.41 Å². The van der Waals surface area contributed by atoms with E-state index in [4.69, 9.17) is 0 Å². The first kappa shape index (κ1) is 15.7. The molecule has 120 valence electrons. The van der Waals surface area contributed by atoms with Crippen LogP contribution in [-0.2, 0) is 11.8 Å². The van der Waals surface area contributed by atoms with Gasteiger partial charge in [0.25, 0.3) is 0 Å². The molecule has 0 bridgehead atoms. The van der Waals surface area contributed by atoms with Crippen LogP contribution in [0.4, 0.5) is 0 Å². The summed E-state index contributed by atoms with van der Waals surface area (Å²) in [7, 11) is 0. The molecule has 1 aromatic heterocycles. The molecule has 0 spiro atoms. The van der Waals surface area contributed by atoms with Gasteiger partial charge < -0.3 is 0 Å². The molecule has 3 heteroatoms. The monoisotopic (exact) mass is 307 g/mol. The summed E-state index contributed by atoms with van der Waals surface area (Å²) in [4.78, 5) is 1.77. The van der Waals surface area contributed by atoms with Gasteiger partial charge in [-0.15, -0.1) is 10.2 Å². The van der Waals surface area contributed by atoms with E-state index in [1.54, 1.807) is 4.80 Å². The number of aromatic nitrogens is 3. The second-order valence-electron chi connectivity index (χ2n) is 7.71. The Kier molecular flexibility index (Phi) is 3.97. The van der Waals surface area contributed by atoms with Crippen LogP contribution >= 0.6 is 0 Å². The van der Waals surface area contributed by atoms with Crippen molar-refractivity contribution in [2.75, 3.05) is 0 Å². The van der Waals surface area contributed by atoms with Gasteiger partial charge in [0.2, 0.25) is 0 Å². The number of rotatable bonds is 3. The molecule has 1 heterocycles. The summed E-state index contributed by atoms with van der Waals surface area (Å²) in [6, 6.07) is 14.8. The Bertz CT molecular complexity index is 789. The molecule has 3 rings (SSSR count). The lowest BCUT2D eigenvalue weighted by atomic mass is 9.85. The number of hydrogen-bond acceptors (Lipinski definition) is 2. The fourth-order valence-electron chi connectivity index (χ4n) is 2.79. The highest BCUT2D eigenvalue weighted by Crippen LogP contribution is 2.27. The maximum atomic E-state index is 4.63. The van der Waals surface area contributed by atoms with Gasteiger partial charge in [-0.1, -0.05) is 52.8 Å². The fraction of sp³-hybridized carbons (Fsp3) is 0.400. The average molecular weight is 307 g/mol. The lowest BCUT2D eigenvalue weighted by Crippen LogP contribution is -2.13. The SMILES string of the molecule is CC(C)Cc1cc(-n2nc3ccccc3n2)cc(C(C)(C)C)c1. The predicted molar refractivity (Wildman–Crippen MR) is 96.1 cm³/mol. The van der Waals surface area contributed by atoms with E-state index in [0.717, 1.165) is 23.1 Å². The van der Waals surface area contributed by atoms with Gasteiger partial charge in [-0.05, 0) is 53.1 Å². The maximum absolute atomic E-state index is 4.63. The standard InChI is InChI=1S/C20H25N3/c1-14(2)10-15-11-16(20(3,4)5)13-17(12-15)23-21-18-8-6-7-9-19(18)22-23/h6-9,11-14H,10H2,1-5H3. The van der Waals surface area contributed by atoms with Gasteiger partial charge in [0, 0.05) is 0 Å². The average Bonchev–Trinajstić information content (AvgIpc) is 2.89. The third-order valence-electron chi connectivity index (χ3n) is 4.01. The van der Waals surface area contributed by atoms with E-state index in [1.165, 1.54) is 11.1 Å². The van der Waals surface area contributed by atoms with Gasteiger partial charge >= 0.3 is 0 Å². The smallest absolute Gasteiger partial charge is 0.113 e. The van der Waals surface area contributed by atoms with Gasteiger partial charge in [0.05, 0.1) is 5.69 Å². The van der Waals surface area contributed by atoms with Crippen LogP contribution in [0.2, 0.25) is 0 Å². The Morgan fingerprint density at radius 3 is 2.09 bits per heavy atom. The largest absolute Gasteiger partial charge is 0.150 e. The van der Waals surface area contributed by atoms with E-state index < -0.39 is 0 Å². The van der Waals surface area contributed by atoms with Gasteiger partial charge in [-0.3, -0.25) is 0 Å². The van der Waals surface area contributed by atoms with Crippen molar-refractivity contribution in [3.8, 4) is 5.69 Å². The summed E-state index contributed by atoms with van der Waals surface area (Å²) in [6.45, 7) is 11.3. The number of benzene rings is 2. The molecule has 23 heavy (non-hydrogen) atoms.